The van der Waals surface area contributed by atoms with Crippen LogP contribution in [0.5, 0.6) is 0 Å². The zero-order valence-corrected chi connectivity index (χ0v) is 11.2. The van der Waals surface area contributed by atoms with E-state index in [0.29, 0.717) is 37.7 Å². The molecule has 0 saturated carbocycles. The molecule has 0 unspecified atom stereocenters. The Morgan fingerprint density at radius 1 is 1.30 bits per heavy atom. The molecule has 3 heterocycles. The van der Waals surface area contributed by atoms with Crippen LogP contribution in [-0.4, -0.2) is 57.3 Å². The number of amides is 1. The summed E-state index contributed by atoms with van der Waals surface area (Å²) in [5.74, 6) is -0.108. The number of carbonyl (C=O) groups excluding carboxylic acids is 1. The Bertz CT molecular complexity index is 619. The predicted octanol–water partition coefficient (Wildman–Crippen LogP) is 0.648. The number of aryl methyl sites for hydroxylation is 1. The quantitative estimate of drug-likeness (QED) is 0.868. The van der Waals surface area contributed by atoms with E-state index < -0.39 is 0 Å². The minimum Gasteiger partial charge on any atom is -0.378 e. The van der Waals surface area contributed by atoms with E-state index >= 15 is 0 Å². The molecule has 1 saturated heterocycles. The number of aromatic amines is 1. The van der Waals surface area contributed by atoms with E-state index in [1.165, 1.54) is 6.20 Å². The Labute approximate surface area is 116 Å². The summed E-state index contributed by atoms with van der Waals surface area (Å²) in [7, 11) is 0. The Kier molecular flexibility index (Phi) is 3.42. The average Bonchev–Trinajstić information content (AvgIpc) is 2.94. The monoisotopic (exact) mass is 273 g/mol. The van der Waals surface area contributed by atoms with Crippen molar-refractivity contribution < 1.29 is 9.53 Å². The molecule has 0 bridgehead atoms. The molecule has 1 aliphatic heterocycles. The van der Waals surface area contributed by atoms with Crippen LogP contribution in [0, 0.1) is 6.92 Å². The highest BCUT2D eigenvalue weighted by Gasteiger charge is 2.20. The molecule has 2 aromatic heterocycles. The lowest BCUT2D eigenvalue weighted by molar-refractivity contribution is 0.0299. The summed E-state index contributed by atoms with van der Waals surface area (Å²) < 4.78 is 5.24. The van der Waals surface area contributed by atoms with Crippen LogP contribution in [0.4, 0.5) is 0 Å². The third-order valence-corrected chi connectivity index (χ3v) is 3.26. The summed E-state index contributed by atoms with van der Waals surface area (Å²) in [5, 5.41) is 6.81. The number of hydrogen-bond donors (Lipinski definition) is 1. The second kappa shape index (κ2) is 5.38. The van der Waals surface area contributed by atoms with E-state index in [1.807, 2.05) is 6.92 Å². The van der Waals surface area contributed by atoms with Crippen molar-refractivity contribution in [3.05, 3.63) is 30.0 Å². The summed E-state index contributed by atoms with van der Waals surface area (Å²) in [6.45, 7) is 4.23. The molecule has 3 rings (SSSR count). The van der Waals surface area contributed by atoms with Gasteiger partial charge in [0.15, 0.2) is 0 Å². The molecule has 1 fully saturated rings. The molecule has 7 nitrogen and oxygen atoms in total. The van der Waals surface area contributed by atoms with Crippen molar-refractivity contribution in [2.75, 3.05) is 26.3 Å². The minimum atomic E-state index is -0.108. The van der Waals surface area contributed by atoms with Crippen molar-refractivity contribution in [1.82, 2.24) is 25.1 Å². The lowest BCUT2D eigenvalue weighted by Crippen LogP contribution is -2.41. The molecule has 7 heteroatoms. The fourth-order valence-electron chi connectivity index (χ4n) is 2.14. The smallest absolute Gasteiger partial charge is 0.274 e. The number of H-pyrrole nitrogens is 1. The van der Waals surface area contributed by atoms with Crippen molar-refractivity contribution in [3.8, 4) is 11.3 Å². The van der Waals surface area contributed by atoms with Crippen molar-refractivity contribution in [2.45, 2.75) is 6.92 Å². The van der Waals surface area contributed by atoms with Gasteiger partial charge in [-0.25, -0.2) is 4.98 Å². The Hall–Kier alpha value is -2.28. The molecule has 2 aromatic rings. The topological polar surface area (TPSA) is 84.0 Å². The van der Waals surface area contributed by atoms with Gasteiger partial charge in [-0.05, 0) is 6.92 Å². The second-order valence-electron chi connectivity index (χ2n) is 4.60. The van der Waals surface area contributed by atoms with Crippen molar-refractivity contribution in [3.63, 3.8) is 0 Å². The lowest BCUT2D eigenvalue weighted by atomic mass is 10.2. The van der Waals surface area contributed by atoms with Crippen molar-refractivity contribution >= 4 is 5.91 Å². The number of rotatable bonds is 2. The van der Waals surface area contributed by atoms with Gasteiger partial charge in [0, 0.05) is 24.3 Å². The van der Waals surface area contributed by atoms with Gasteiger partial charge in [-0.3, -0.25) is 14.9 Å². The SMILES string of the molecule is Cc1[nH]ncc1-c1cncc(C(=O)N2CCOCC2)n1. The predicted molar refractivity (Wildman–Crippen MR) is 71.1 cm³/mol. The van der Waals surface area contributed by atoms with Crippen LogP contribution < -0.4 is 0 Å². The Morgan fingerprint density at radius 3 is 2.80 bits per heavy atom. The van der Waals surface area contributed by atoms with Crippen molar-refractivity contribution in [1.29, 1.82) is 0 Å². The summed E-state index contributed by atoms with van der Waals surface area (Å²) in [6.07, 6.45) is 4.81. The fourth-order valence-corrected chi connectivity index (χ4v) is 2.14. The van der Waals surface area contributed by atoms with Crippen LogP contribution >= 0.6 is 0 Å². The molecule has 0 atom stereocenters. The maximum Gasteiger partial charge on any atom is 0.274 e. The van der Waals surface area contributed by atoms with Gasteiger partial charge in [-0.2, -0.15) is 5.10 Å². The first-order valence-corrected chi connectivity index (χ1v) is 6.45. The third-order valence-electron chi connectivity index (χ3n) is 3.26. The maximum absolute atomic E-state index is 12.4. The minimum absolute atomic E-state index is 0.108. The van der Waals surface area contributed by atoms with Gasteiger partial charge >= 0.3 is 0 Å². The summed E-state index contributed by atoms with van der Waals surface area (Å²) >= 11 is 0. The molecule has 104 valence electrons. The molecular weight excluding hydrogens is 258 g/mol. The van der Waals surface area contributed by atoms with Gasteiger partial charge in [-0.1, -0.05) is 0 Å². The number of nitrogens with one attached hydrogen (secondary N) is 1. The zero-order valence-electron chi connectivity index (χ0n) is 11.2. The Morgan fingerprint density at radius 2 is 2.10 bits per heavy atom. The first kappa shape index (κ1) is 12.7. The normalized spacial score (nSPS) is 15.3. The molecule has 0 spiro atoms. The number of aromatic nitrogens is 4. The van der Waals surface area contributed by atoms with Gasteiger partial charge in [0.1, 0.15) is 5.69 Å². The standard InChI is InChI=1S/C13H15N5O2/c1-9-10(6-15-17-9)11-7-14-8-12(16-11)13(19)18-2-4-20-5-3-18/h6-8H,2-5H2,1H3,(H,15,17). The van der Waals surface area contributed by atoms with Crippen LogP contribution in [0.2, 0.25) is 0 Å². The van der Waals surface area contributed by atoms with E-state index in [-0.39, 0.29) is 5.91 Å². The molecule has 20 heavy (non-hydrogen) atoms. The average molecular weight is 273 g/mol. The van der Waals surface area contributed by atoms with E-state index in [2.05, 4.69) is 20.2 Å². The van der Waals surface area contributed by atoms with E-state index in [4.69, 9.17) is 4.74 Å². The number of carbonyl (C=O) groups is 1. The molecule has 0 aromatic carbocycles. The number of ether oxygens (including phenoxy) is 1. The van der Waals surface area contributed by atoms with Crippen molar-refractivity contribution in [2.24, 2.45) is 0 Å². The molecule has 1 N–H and O–H groups in total. The summed E-state index contributed by atoms with van der Waals surface area (Å²) in [4.78, 5) is 22.6. The first-order valence-electron chi connectivity index (χ1n) is 6.45. The van der Waals surface area contributed by atoms with Gasteiger partial charge < -0.3 is 9.64 Å². The molecular formula is C13H15N5O2. The largest absolute Gasteiger partial charge is 0.378 e. The highest BCUT2D eigenvalue weighted by atomic mass is 16.5. The third kappa shape index (κ3) is 2.39. The van der Waals surface area contributed by atoms with E-state index in [1.54, 1.807) is 17.3 Å². The molecule has 0 aliphatic carbocycles. The number of hydrogen-bond acceptors (Lipinski definition) is 5. The van der Waals surface area contributed by atoms with Crippen LogP contribution in [0.3, 0.4) is 0 Å². The molecule has 1 aliphatic rings. The van der Waals surface area contributed by atoms with Gasteiger partial charge in [-0.15, -0.1) is 0 Å². The highest BCUT2D eigenvalue weighted by Crippen LogP contribution is 2.18. The lowest BCUT2D eigenvalue weighted by Gasteiger charge is -2.26. The van der Waals surface area contributed by atoms with E-state index in [9.17, 15) is 4.79 Å². The highest BCUT2D eigenvalue weighted by molar-refractivity contribution is 5.92. The molecule has 1 amide bonds. The van der Waals surface area contributed by atoms with Crippen LogP contribution in [0.25, 0.3) is 11.3 Å². The van der Waals surface area contributed by atoms with Crippen LogP contribution in [-0.2, 0) is 4.74 Å². The number of nitrogens with zero attached hydrogens (tertiary/aromatic N) is 4. The first-order chi connectivity index (χ1) is 9.75. The fraction of sp³-hybridized carbons (Fsp3) is 0.385. The van der Waals surface area contributed by atoms with Crippen LogP contribution in [0.15, 0.2) is 18.6 Å². The van der Waals surface area contributed by atoms with Gasteiger partial charge in [0.25, 0.3) is 5.91 Å². The maximum atomic E-state index is 12.4. The second-order valence-corrected chi connectivity index (χ2v) is 4.60. The summed E-state index contributed by atoms with van der Waals surface area (Å²) in [6, 6.07) is 0. The van der Waals surface area contributed by atoms with Gasteiger partial charge in [0.05, 0.1) is 37.5 Å². The summed E-state index contributed by atoms with van der Waals surface area (Å²) in [5.41, 5.74) is 2.75. The van der Waals surface area contributed by atoms with Crippen LogP contribution in [0.1, 0.15) is 16.2 Å². The number of morpholine rings is 1. The molecule has 0 radical (unpaired) electrons. The zero-order chi connectivity index (χ0) is 13.9. The Balaban J connectivity index is 1.87. The van der Waals surface area contributed by atoms with E-state index in [0.717, 1.165) is 11.3 Å². The van der Waals surface area contributed by atoms with Gasteiger partial charge in [0.2, 0.25) is 0 Å².